The predicted molar refractivity (Wildman–Crippen MR) is 91.8 cm³/mol. The van der Waals surface area contributed by atoms with Crippen LogP contribution in [-0.4, -0.2) is 15.2 Å². The van der Waals surface area contributed by atoms with Gasteiger partial charge < -0.3 is 9.73 Å². The quantitative estimate of drug-likeness (QED) is 0.395. The minimum atomic E-state index is -0.443. The van der Waals surface area contributed by atoms with Gasteiger partial charge in [-0.2, -0.15) is 0 Å². The Morgan fingerprint density at radius 1 is 1.35 bits per heavy atom. The summed E-state index contributed by atoms with van der Waals surface area (Å²) in [5, 5.41) is 13.7. The molecule has 8 heteroatoms. The number of benzene rings is 1. The van der Waals surface area contributed by atoms with Gasteiger partial charge in [-0.1, -0.05) is 30.0 Å². The van der Waals surface area contributed by atoms with E-state index in [-0.39, 0.29) is 11.6 Å². The van der Waals surface area contributed by atoms with Crippen LogP contribution in [0.1, 0.15) is 11.3 Å². The Morgan fingerprint density at radius 3 is 2.78 bits per heavy atom. The van der Waals surface area contributed by atoms with E-state index in [4.69, 9.17) is 16.6 Å². The molecule has 0 bridgehead atoms. The zero-order valence-electron chi connectivity index (χ0n) is 11.9. The number of carbonyl (C=O) groups is 1. The van der Waals surface area contributed by atoms with Gasteiger partial charge in [0.15, 0.2) is 0 Å². The lowest BCUT2D eigenvalue weighted by Crippen LogP contribution is -2.17. The molecule has 1 aromatic heterocycles. The smallest absolute Gasteiger partial charge is 0.280 e. The molecular weight excluding hydrogens is 336 g/mol. The number of nitro benzene ring substituents is 1. The monoisotopic (exact) mass is 346 g/mol. The van der Waals surface area contributed by atoms with Crippen molar-refractivity contribution in [3.63, 3.8) is 0 Å². The van der Waals surface area contributed by atoms with Crippen molar-refractivity contribution >= 4 is 46.0 Å². The second-order valence-electron chi connectivity index (χ2n) is 4.83. The summed E-state index contributed by atoms with van der Waals surface area (Å²) in [6, 6.07) is 8.22. The fourth-order valence-electron chi connectivity index (χ4n) is 2.13. The Hall–Kier alpha value is -2.45. The lowest BCUT2D eigenvalue weighted by molar-refractivity contribution is -0.384. The molecule has 1 saturated heterocycles. The van der Waals surface area contributed by atoms with E-state index in [1.165, 1.54) is 6.07 Å². The molecule has 23 heavy (non-hydrogen) atoms. The zero-order chi connectivity index (χ0) is 16.6. The van der Waals surface area contributed by atoms with Gasteiger partial charge in [0.2, 0.25) is 0 Å². The maximum atomic E-state index is 11.6. The number of amides is 1. The SMILES string of the molecule is Cc1ccc(-c2ccc(/C=C3\SC(=S)NC3=O)o2)c([N+](=O)[O-])c1. The standard InChI is InChI=1S/C15H10N2O4S2/c1-8-2-4-10(11(6-8)17(19)20)12-5-3-9(21-12)7-13-14(18)16-15(22)23-13/h2-7H,1H3,(H,16,18,22)/b13-7-. The predicted octanol–water partition coefficient (Wildman–Crippen LogP) is 3.65. The van der Waals surface area contributed by atoms with Crippen LogP contribution in [0.3, 0.4) is 0 Å². The topological polar surface area (TPSA) is 85.4 Å². The van der Waals surface area contributed by atoms with Crippen LogP contribution in [0.2, 0.25) is 0 Å². The first-order chi connectivity index (χ1) is 10.9. The summed E-state index contributed by atoms with van der Waals surface area (Å²) in [6.07, 6.45) is 1.56. The summed E-state index contributed by atoms with van der Waals surface area (Å²) in [4.78, 5) is 22.8. The largest absolute Gasteiger partial charge is 0.456 e. The molecule has 0 unspecified atom stereocenters. The van der Waals surface area contributed by atoms with Gasteiger partial charge >= 0.3 is 0 Å². The van der Waals surface area contributed by atoms with Crippen LogP contribution in [0, 0.1) is 17.0 Å². The van der Waals surface area contributed by atoms with E-state index in [0.717, 1.165) is 17.3 Å². The average Bonchev–Trinajstić information content (AvgIpc) is 3.06. The van der Waals surface area contributed by atoms with E-state index in [9.17, 15) is 14.9 Å². The fraction of sp³-hybridized carbons (Fsp3) is 0.0667. The van der Waals surface area contributed by atoms with E-state index in [1.54, 1.807) is 37.3 Å². The van der Waals surface area contributed by atoms with Crippen molar-refractivity contribution in [3.05, 3.63) is 56.7 Å². The number of thiocarbonyl (C=S) groups is 1. The first-order valence-electron chi connectivity index (χ1n) is 6.54. The summed E-state index contributed by atoms with van der Waals surface area (Å²) in [7, 11) is 0. The molecule has 3 rings (SSSR count). The molecule has 2 aromatic rings. The highest BCUT2D eigenvalue weighted by Gasteiger charge is 2.23. The highest BCUT2D eigenvalue weighted by atomic mass is 32.2. The number of aryl methyl sites for hydroxylation is 1. The maximum Gasteiger partial charge on any atom is 0.280 e. The van der Waals surface area contributed by atoms with Crippen molar-refractivity contribution < 1.29 is 14.1 Å². The molecule has 1 aromatic carbocycles. The van der Waals surface area contributed by atoms with Crippen molar-refractivity contribution in [2.75, 3.05) is 0 Å². The number of furan rings is 1. The Labute approximate surface area is 140 Å². The summed E-state index contributed by atoms with van der Waals surface area (Å²) in [5.74, 6) is 0.519. The van der Waals surface area contributed by atoms with Crippen molar-refractivity contribution in [2.45, 2.75) is 6.92 Å². The number of carbonyl (C=O) groups excluding carboxylic acids is 1. The third-order valence-corrected chi connectivity index (χ3v) is 4.32. The van der Waals surface area contributed by atoms with Gasteiger partial charge in [0, 0.05) is 12.1 Å². The van der Waals surface area contributed by atoms with Crippen LogP contribution in [0.5, 0.6) is 0 Å². The molecule has 0 aliphatic carbocycles. The Balaban J connectivity index is 1.97. The van der Waals surface area contributed by atoms with Crippen molar-refractivity contribution in [2.24, 2.45) is 0 Å². The van der Waals surface area contributed by atoms with E-state index in [1.807, 2.05) is 0 Å². The highest BCUT2D eigenvalue weighted by molar-refractivity contribution is 8.26. The average molecular weight is 346 g/mol. The normalized spacial score (nSPS) is 16.0. The number of nitro groups is 1. The summed E-state index contributed by atoms with van der Waals surface area (Å²) < 4.78 is 6.02. The first kappa shape index (κ1) is 15.4. The Kier molecular flexibility index (Phi) is 4.01. The molecule has 1 fully saturated rings. The number of hydrogen-bond acceptors (Lipinski definition) is 6. The number of hydrogen-bond donors (Lipinski definition) is 1. The molecule has 1 amide bonds. The molecule has 1 N–H and O–H groups in total. The molecular formula is C15H10N2O4S2. The Morgan fingerprint density at radius 2 is 2.13 bits per heavy atom. The van der Waals surface area contributed by atoms with E-state index in [0.29, 0.717) is 26.3 Å². The summed E-state index contributed by atoms with van der Waals surface area (Å²) in [6.45, 7) is 1.79. The third-order valence-electron chi connectivity index (χ3n) is 3.16. The molecule has 6 nitrogen and oxygen atoms in total. The number of nitrogens with one attached hydrogen (secondary N) is 1. The number of thioether (sulfide) groups is 1. The second-order valence-corrected chi connectivity index (χ2v) is 6.55. The molecule has 0 saturated carbocycles. The van der Waals surface area contributed by atoms with Gasteiger partial charge in [0.1, 0.15) is 15.8 Å². The number of nitrogens with zero attached hydrogens (tertiary/aromatic N) is 1. The van der Waals surface area contributed by atoms with Crippen molar-refractivity contribution in [1.82, 2.24) is 5.32 Å². The second kappa shape index (κ2) is 5.98. The van der Waals surface area contributed by atoms with E-state index < -0.39 is 4.92 Å². The Bertz CT molecular complexity index is 870. The highest BCUT2D eigenvalue weighted by Crippen LogP contribution is 2.33. The van der Waals surface area contributed by atoms with Crippen molar-refractivity contribution in [1.29, 1.82) is 0 Å². The van der Waals surface area contributed by atoms with Crippen molar-refractivity contribution in [3.8, 4) is 11.3 Å². The molecule has 0 radical (unpaired) electrons. The molecule has 116 valence electrons. The minimum Gasteiger partial charge on any atom is -0.456 e. The fourth-order valence-corrected chi connectivity index (χ4v) is 3.15. The van der Waals surface area contributed by atoms with Gasteiger partial charge in [0.05, 0.1) is 15.4 Å². The van der Waals surface area contributed by atoms with Gasteiger partial charge in [-0.25, -0.2) is 0 Å². The van der Waals surface area contributed by atoms with Crippen LogP contribution < -0.4 is 5.32 Å². The third kappa shape index (κ3) is 3.17. The van der Waals surface area contributed by atoms with E-state index in [2.05, 4.69) is 5.32 Å². The number of rotatable bonds is 3. The van der Waals surface area contributed by atoms with E-state index >= 15 is 0 Å². The molecule has 0 atom stereocenters. The summed E-state index contributed by atoms with van der Waals surface area (Å²) in [5.41, 5.74) is 1.17. The molecule has 0 spiro atoms. The van der Waals surface area contributed by atoms with Crippen LogP contribution in [0.4, 0.5) is 5.69 Å². The lowest BCUT2D eigenvalue weighted by Gasteiger charge is -2.01. The molecule has 1 aliphatic heterocycles. The molecule has 1 aliphatic rings. The van der Waals surface area contributed by atoms with Gasteiger partial charge in [0.25, 0.3) is 11.6 Å². The lowest BCUT2D eigenvalue weighted by atomic mass is 10.1. The van der Waals surface area contributed by atoms with Crippen LogP contribution in [-0.2, 0) is 4.79 Å². The molecule has 2 heterocycles. The van der Waals surface area contributed by atoms with Gasteiger partial charge in [-0.05, 0) is 30.7 Å². The summed E-state index contributed by atoms with van der Waals surface area (Å²) >= 11 is 6.06. The minimum absolute atomic E-state index is 0.0206. The maximum absolute atomic E-state index is 11.6. The van der Waals surface area contributed by atoms with Gasteiger partial charge in [-0.15, -0.1) is 0 Å². The van der Waals surface area contributed by atoms with Crippen LogP contribution in [0.25, 0.3) is 17.4 Å². The van der Waals surface area contributed by atoms with Gasteiger partial charge in [-0.3, -0.25) is 14.9 Å². The van der Waals surface area contributed by atoms with Crippen LogP contribution in [0.15, 0.2) is 39.7 Å². The zero-order valence-corrected chi connectivity index (χ0v) is 13.5. The first-order valence-corrected chi connectivity index (χ1v) is 7.76. The van der Waals surface area contributed by atoms with Crippen LogP contribution >= 0.6 is 24.0 Å².